The number of hydrogen-bond acceptors (Lipinski definition) is 4. The van der Waals surface area contributed by atoms with E-state index in [1.807, 2.05) is 52.2 Å². The lowest BCUT2D eigenvalue weighted by Gasteiger charge is -2.40. The molecule has 0 spiro atoms. The molecule has 5 heteroatoms. The van der Waals surface area contributed by atoms with E-state index in [4.69, 9.17) is 17.1 Å². The van der Waals surface area contributed by atoms with Gasteiger partial charge >= 0.3 is 0 Å². The molecule has 1 heterocycles. The fourth-order valence-electron chi connectivity index (χ4n) is 3.44. The van der Waals surface area contributed by atoms with Gasteiger partial charge in [0.15, 0.2) is 0 Å². The van der Waals surface area contributed by atoms with Crippen molar-refractivity contribution in [1.29, 1.82) is 0 Å². The van der Waals surface area contributed by atoms with Crippen molar-refractivity contribution < 1.29 is 4.84 Å². The largest absolute Gasteiger partial charge is 0.382 e. The van der Waals surface area contributed by atoms with E-state index in [1.54, 1.807) is 0 Å². The lowest BCUT2D eigenvalue weighted by molar-refractivity contribution is -0.0622. The van der Waals surface area contributed by atoms with Gasteiger partial charge in [-0.3, -0.25) is 15.3 Å². The van der Waals surface area contributed by atoms with Crippen molar-refractivity contribution >= 4 is 28.1 Å². The van der Waals surface area contributed by atoms with E-state index >= 15 is 0 Å². The molecule has 0 bridgehead atoms. The van der Waals surface area contributed by atoms with Crippen LogP contribution in [-0.4, -0.2) is 22.6 Å². The molecule has 0 aliphatic heterocycles. The Morgan fingerprint density at radius 2 is 2.04 bits per heavy atom. The molecule has 2 aromatic rings. The quantitative estimate of drug-likeness (QED) is 0.617. The zero-order chi connectivity index (χ0) is 18.8. The van der Waals surface area contributed by atoms with Gasteiger partial charge in [-0.05, 0) is 57.7 Å². The van der Waals surface area contributed by atoms with Gasteiger partial charge in [-0.2, -0.15) is 0 Å². The van der Waals surface area contributed by atoms with Crippen LogP contribution in [0.5, 0.6) is 0 Å². The van der Waals surface area contributed by atoms with Crippen LogP contribution in [0.4, 0.5) is 0 Å². The fraction of sp³-hybridized carbons (Fsp3) is 0.429. The van der Waals surface area contributed by atoms with Crippen molar-refractivity contribution in [2.75, 3.05) is 7.05 Å². The summed E-state index contributed by atoms with van der Waals surface area (Å²) in [4.78, 5) is 11.4. The number of para-hydroxylation sites is 1. The maximum Gasteiger partial charge on any atom is 0.0919 e. The number of fused-ring (bicyclic) bond motifs is 1. The maximum absolute atomic E-state index is 5.90. The molecule has 0 amide bonds. The molecule has 138 valence electrons. The minimum absolute atomic E-state index is 0.299. The highest BCUT2D eigenvalue weighted by atomic mass is 32.1. The number of likely N-dealkylation sites (N-methyl/N-ethyl adjacent to an activating group) is 1. The summed E-state index contributed by atoms with van der Waals surface area (Å²) in [6, 6.07) is 10.4. The molecule has 0 saturated carbocycles. The average Bonchev–Trinajstić information content (AvgIpc) is 2.64. The number of aromatic nitrogens is 1. The number of pyridine rings is 1. The smallest absolute Gasteiger partial charge is 0.0919 e. The Morgan fingerprint density at radius 3 is 2.77 bits per heavy atom. The minimum atomic E-state index is -0.454. The molecule has 4 nitrogen and oxygen atoms in total. The zero-order valence-electron chi connectivity index (χ0n) is 15.9. The summed E-state index contributed by atoms with van der Waals surface area (Å²) in [5.74, 6) is 0. The summed E-state index contributed by atoms with van der Waals surface area (Å²) in [7, 11) is 1.88. The molecule has 1 aromatic heterocycles. The SMILES string of the molecule is CNC(=S)C1(c2cnc3ccccc3c2)CCCC=C1NOC(C)(C)C. The van der Waals surface area contributed by atoms with Crippen LogP contribution in [-0.2, 0) is 10.3 Å². The van der Waals surface area contributed by atoms with E-state index < -0.39 is 5.41 Å². The Hall–Kier alpha value is -1.98. The predicted molar refractivity (Wildman–Crippen MR) is 111 cm³/mol. The third kappa shape index (κ3) is 3.60. The zero-order valence-corrected chi connectivity index (χ0v) is 16.7. The Bertz CT molecular complexity index is 841. The first-order chi connectivity index (χ1) is 12.4. The minimum Gasteiger partial charge on any atom is -0.382 e. The van der Waals surface area contributed by atoms with Gasteiger partial charge in [0.1, 0.15) is 0 Å². The summed E-state index contributed by atoms with van der Waals surface area (Å²) in [6.07, 6.45) is 7.14. The van der Waals surface area contributed by atoms with Crippen molar-refractivity contribution in [2.45, 2.75) is 51.0 Å². The topological polar surface area (TPSA) is 46.2 Å². The lowest BCUT2D eigenvalue weighted by Crippen LogP contribution is -2.49. The number of nitrogens with one attached hydrogen (secondary N) is 2. The molecule has 1 aliphatic rings. The Morgan fingerprint density at radius 1 is 1.27 bits per heavy atom. The number of benzene rings is 1. The summed E-state index contributed by atoms with van der Waals surface area (Å²) in [5.41, 5.74) is 5.54. The summed E-state index contributed by atoms with van der Waals surface area (Å²) >= 11 is 5.80. The van der Waals surface area contributed by atoms with Crippen molar-refractivity contribution in [2.24, 2.45) is 0 Å². The first-order valence-corrected chi connectivity index (χ1v) is 9.50. The van der Waals surface area contributed by atoms with Crippen LogP contribution in [0, 0.1) is 0 Å². The third-order valence-corrected chi connectivity index (χ3v) is 5.28. The van der Waals surface area contributed by atoms with Crippen LogP contribution in [0.1, 0.15) is 45.6 Å². The molecule has 0 radical (unpaired) electrons. The lowest BCUT2D eigenvalue weighted by atomic mass is 9.71. The number of allylic oxidation sites excluding steroid dienone is 1. The molecule has 0 fully saturated rings. The first kappa shape index (κ1) is 18.8. The Labute approximate surface area is 161 Å². The van der Waals surface area contributed by atoms with E-state index in [1.165, 1.54) is 0 Å². The molecule has 1 aliphatic carbocycles. The standard InChI is InChI=1S/C21H27N3OS/c1-20(2,3)25-24-18-11-7-8-12-21(18,19(26)22-4)16-13-15-9-5-6-10-17(15)23-14-16/h5-6,9-11,13-14,24H,7-8,12H2,1-4H3,(H,22,26). The number of nitrogens with zero attached hydrogens (tertiary/aromatic N) is 1. The normalized spacial score (nSPS) is 20.5. The van der Waals surface area contributed by atoms with Crippen LogP contribution in [0.15, 0.2) is 48.3 Å². The fourth-order valence-corrected chi connectivity index (χ4v) is 3.77. The van der Waals surface area contributed by atoms with Crippen LogP contribution in [0.3, 0.4) is 0 Å². The second kappa shape index (κ2) is 7.33. The van der Waals surface area contributed by atoms with Crippen LogP contribution in [0.25, 0.3) is 10.9 Å². The van der Waals surface area contributed by atoms with E-state index in [0.717, 1.165) is 46.4 Å². The molecule has 1 aromatic carbocycles. The van der Waals surface area contributed by atoms with Gasteiger partial charge in [0.2, 0.25) is 0 Å². The molecule has 0 saturated heterocycles. The third-order valence-electron chi connectivity index (χ3n) is 4.73. The highest BCUT2D eigenvalue weighted by Crippen LogP contribution is 2.41. The summed E-state index contributed by atoms with van der Waals surface area (Å²) < 4.78 is 0. The highest BCUT2D eigenvalue weighted by molar-refractivity contribution is 7.80. The van der Waals surface area contributed by atoms with Crippen LogP contribution in [0.2, 0.25) is 0 Å². The molecule has 2 N–H and O–H groups in total. The maximum atomic E-state index is 5.90. The molecule has 1 atom stereocenters. The second-order valence-corrected chi connectivity index (χ2v) is 8.14. The number of hydrogen-bond donors (Lipinski definition) is 2. The monoisotopic (exact) mass is 369 g/mol. The van der Waals surface area contributed by atoms with E-state index in [2.05, 4.69) is 34.0 Å². The van der Waals surface area contributed by atoms with Crippen molar-refractivity contribution in [3.63, 3.8) is 0 Å². The number of rotatable bonds is 4. The van der Waals surface area contributed by atoms with Crippen molar-refractivity contribution in [3.8, 4) is 0 Å². The molecule has 26 heavy (non-hydrogen) atoms. The highest BCUT2D eigenvalue weighted by Gasteiger charge is 2.42. The van der Waals surface area contributed by atoms with Gasteiger partial charge in [-0.15, -0.1) is 0 Å². The molecular weight excluding hydrogens is 342 g/mol. The van der Waals surface area contributed by atoms with E-state index in [0.29, 0.717) is 0 Å². The van der Waals surface area contributed by atoms with Crippen molar-refractivity contribution in [3.05, 3.63) is 53.9 Å². The van der Waals surface area contributed by atoms with Crippen molar-refractivity contribution in [1.82, 2.24) is 15.8 Å². The Balaban J connectivity index is 2.10. The predicted octanol–water partition coefficient (Wildman–Crippen LogP) is 4.41. The number of hydroxylamine groups is 1. The Kier molecular flexibility index (Phi) is 5.30. The van der Waals surface area contributed by atoms with Gasteiger partial charge in [-0.1, -0.05) is 36.5 Å². The molecular formula is C21H27N3OS. The van der Waals surface area contributed by atoms with Gasteiger partial charge in [0.05, 0.1) is 27.2 Å². The van der Waals surface area contributed by atoms with E-state index in [9.17, 15) is 0 Å². The number of thiocarbonyl (C=S) groups is 1. The summed E-state index contributed by atoms with van der Waals surface area (Å²) in [5, 5.41) is 4.33. The van der Waals surface area contributed by atoms with Gasteiger partial charge < -0.3 is 5.32 Å². The average molecular weight is 370 g/mol. The van der Waals surface area contributed by atoms with Gasteiger partial charge in [0.25, 0.3) is 0 Å². The van der Waals surface area contributed by atoms with Crippen LogP contribution < -0.4 is 10.8 Å². The second-order valence-electron chi connectivity index (χ2n) is 7.73. The first-order valence-electron chi connectivity index (χ1n) is 9.09. The van der Waals surface area contributed by atoms with E-state index in [-0.39, 0.29) is 5.60 Å². The molecule has 3 rings (SSSR count). The van der Waals surface area contributed by atoms with Gasteiger partial charge in [0, 0.05) is 18.6 Å². The molecule has 1 unspecified atom stereocenters. The van der Waals surface area contributed by atoms with Crippen LogP contribution >= 0.6 is 12.2 Å². The summed E-state index contributed by atoms with van der Waals surface area (Å²) in [6.45, 7) is 6.08. The van der Waals surface area contributed by atoms with Gasteiger partial charge in [-0.25, -0.2) is 0 Å².